The van der Waals surface area contributed by atoms with Crippen LogP contribution in [0.5, 0.6) is 0 Å². The summed E-state index contributed by atoms with van der Waals surface area (Å²) in [6.07, 6.45) is 3.41. The molecular formula is C12H21N3. The molecular weight excluding hydrogens is 186 g/mol. The molecule has 15 heavy (non-hydrogen) atoms. The van der Waals surface area contributed by atoms with Crippen molar-refractivity contribution in [3.63, 3.8) is 0 Å². The summed E-state index contributed by atoms with van der Waals surface area (Å²) in [6.45, 7) is 9.11. The Labute approximate surface area is 92.1 Å². The first-order valence-electron chi connectivity index (χ1n) is 5.97. The van der Waals surface area contributed by atoms with Crippen molar-refractivity contribution in [1.82, 2.24) is 14.8 Å². The van der Waals surface area contributed by atoms with E-state index in [4.69, 9.17) is 0 Å². The minimum absolute atomic E-state index is 1.11. The standard InChI is InChI=1S/C12H21N3/c1-2-7-15-8-3-4-12(15)11-14-9-5-13-6-10-14/h3-4,8,13H,2,5-7,9-11H2,1H3. The lowest BCUT2D eigenvalue weighted by Crippen LogP contribution is -2.43. The highest BCUT2D eigenvalue weighted by Crippen LogP contribution is 2.08. The highest BCUT2D eigenvalue weighted by molar-refractivity contribution is 5.07. The molecule has 0 aliphatic carbocycles. The lowest BCUT2D eigenvalue weighted by Gasteiger charge is -2.27. The van der Waals surface area contributed by atoms with Crippen LogP contribution in [0, 0.1) is 0 Å². The van der Waals surface area contributed by atoms with Crippen LogP contribution in [-0.2, 0) is 13.1 Å². The highest BCUT2D eigenvalue weighted by atomic mass is 15.2. The lowest BCUT2D eigenvalue weighted by molar-refractivity contribution is 0.228. The molecule has 3 heteroatoms. The van der Waals surface area contributed by atoms with E-state index in [0.29, 0.717) is 0 Å². The molecule has 1 saturated heterocycles. The molecule has 1 aromatic rings. The maximum Gasteiger partial charge on any atom is 0.0388 e. The smallest absolute Gasteiger partial charge is 0.0388 e. The van der Waals surface area contributed by atoms with Gasteiger partial charge in [-0.25, -0.2) is 0 Å². The third-order valence-corrected chi connectivity index (χ3v) is 2.98. The van der Waals surface area contributed by atoms with E-state index in [9.17, 15) is 0 Å². The summed E-state index contributed by atoms with van der Waals surface area (Å²) in [4.78, 5) is 2.53. The summed E-state index contributed by atoms with van der Waals surface area (Å²) in [5.41, 5.74) is 1.46. The van der Waals surface area contributed by atoms with Gasteiger partial charge in [0.2, 0.25) is 0 Å². The van der Waals surface area contributed by atoms with E-state index in [1.54, 1.807) is 0 Å². The van der Waals surface area contributed by atoms with Crippen LogP contribution < -0.4 is 5.32 Å². The highest BCUT2D eigenvalue weighted by Gasteiger charge is 2.11. The maximum absolute atomic E-state index is 3.39. The number of nitrogens with zero attached hydrogens (tertiary/aromatic N) is 2. The molecule has 3 nitrogen and oxygen atoms in total. The zero-order valence-corrected chi connectivity index (χ0v) is 9.58. The van der Waals surface area contributed by atoms with E-state index in [-0.39, 0.29) is 0 Å². The molecule has 2 heterocycles. The zero-order chi connectivity index (χ0) is 10.5. The summed E-state index contributed by atoms with van der Waals surface area (Å²) < 4.78 is 2.38. The number of hydrogen-bond acceptors (Lipinski definition) is 2. The molecule has 0 atom stereocenters. The van der Waals surface area contributed by atoms with Gasteiger partial charge in [-0.15, -0.1) is 0 Å². The predicted molar refractivity (Wildman–Crippen MR) is 62.9 cm³/mol. The number of nitrogens with one attached hydrogen (secondary N) is 1. The molecule has 84 valence electrons. The normalized spacial score (nSPS) is 18.2. The third kappa shape index (κ3) is 2.83. The van der Waals surface area contributed by atoms with Crippen molar-refractivity contribution >= 4 is 0 Å². The first kappa shape index (κ1) is 10.7. The van der Waals surface area contributed by atoms with Crippen molar-refractivity contribution in [1.29, 1.82) is 0 Å². The van der Waals surface area contributed by atoms with Crippen LogP contribution in [-0.4, -0.2) is 35.6 Å². The van der Waals surface area contributed by atoms with E-state index in [2.05, 4.69) is 40.0 Å². The monoisotopic (exact) mass is 207 g/mol. The van der Waals surface area contributed by atoms with E-state index in [0.717, 1.165) is 26.2 Å². The number of aryl methyl sites for hydroxylation is 1. The fraction of sp³-hybridized carbons (Fsp3) is 0.667. The minimum atomic E-state index is 1.11. The number of aromatic nitrogens is 1. The first-order chi connectivity index (χ1) is 7.40. The van der Waals surface area contributed by atoms with Gasteiger partial charge in [0, 0.05) is 51.2 Å². The summed E-state index contributed by atoms with van der Waals surface area (Å²) in [5.74, 6) is 0. The van der Waals surface area contributed by atoms with Crippen LogP contribution in [0.15, 0.2) is 18.3 Å². The van der Waals surface area contributed by atoms with Gasteiger partial charge in [0.25, 0.3) is 0 Å². The van der Waals surface area contributed by atoms with Gasteiger partial charge in [-0.1, -0.05) is 6.92 Å². The van der Waals surface area contributed by atoms with Crippen LogP contribution in [0.3, 0.4) is 0 Å². The summed E-state index contributed by atoms with van der Waals surface area (Å²) in [7, 11) is 0. The van der Waals surface area contributed by atoms with Gasteiger partial charge in [0.05, 0.1) is 0 Å². The fourth-order valence-electron chi connectivity index (χ4n) is 2.15. The minimum Gasteiger partial charge on any atom is -0.350 e. The Balaban J connectivity index is 1.93. The molecule has 1 N–H and O–H groups in total. The maximum atomic E-state index is 3.39. The third-order valence-electron chi connectivity index (χ3n) is 2.98. The topological polar surface area (TPSA) is 20.2 Å². The van der Waals surface area contributed by atoms with Crippen LogP contribution >= 0.6 is 0 Å². The van der Waals surface area contributed by atoms with Gasteiger partial charge < -0.3 is 9.88 Å². The lowest BCUT2D eigenvalue weighted by atomic mass is 10.3. The molecule has 0 saturated carbocycles. The molecule has 2 rings (SSSR count). The van der Waals surface area contributed by atoms with Crippen molar-refractivity contribution in [2.75, 3.05) is 26.2 Å². The fourth-order valence-corrected chi connectivity index (χ4v) is 2.15. The molecule has 0 amide bonds. The summed E-state index contributed by atoms with van der Waals surface area (Å²) in [5, 5.41) is 3.39. The molecule has 1 fully saturated rings. The van der Waals surface area contributed by atoms with E-state index in [1.807, 2.05) is 0 Å². The quantitative estimate of drug-likeness (QED) is 0.803. The number of hydrogen-bond donors (Lipinski definition) is 1. The van der Waals surface area contributed by atoms with Crippen LogP contribution in [0.1, 0.15) is 19.0 Å². The molecule has 1 aliphatic rings. The molecule has 0 unspecified atom stereocenters. The van der Waals surface area contributed by atoms with Crippen LogP contribution in [0.2, 0.25) is 0 Å². The molecule has 0 radical (unpaired) electrons. The van der Waals surface area contributed by atoms with E-state index >= 15 is 0 Å². The van der Waals surface area contributed by atoms with Crippen molar-refractivity contribution in [2.45, 2.75) is 26.4 Å². The Morgan fingerprint density at radius 1 is 1.33 bits per heavy atom. The molecule has 0 spiro atoms. The molecule has 1 aliphatic heterocycles. The van der Waals surface area contributed by atoms with Gasteiger partial charge in [-0.2, -0.15) is 0 Å². The van der Waals surface area contributed by atoms with E-state index in [1.165, 1.54) is 25.2 Å². The number of piperazine rings is 1. The van der Waals surface area contributed by atoms with Gasteiger partial charge in [0.1, 0.15) is 0 Å². The number of rotatable bonds is 4. The average Bonchev–Trinajstić information content (AvgIpc) is 2.68. The second kappa shape index (κ2) is 5.33. The Morgan fingerprint density at radius 3 is 2.87 bits per heavy atom. The predicted octanol–water partition coefficient (Wildman–Crippen LogP) is 1.30. The Hall–Kier alpha value is -0.800. The van der Waals surface area contributed by atoms with Crippen LogP contribution in [0.4, 0.5) is 0 Å². The second-order valence-corrected chi connectivity index (χ2v) is 4.22. The van der Waals surface area contributed by atoms with Gasteiger partial charge in [-0.3, -0.25) is 4.90 Å². The summed E-state index contributed by atoms with van der Waals surface area (Å²) in [6, 6.07) is 4.41. The molecule has 0 bridgehead atoms. The van der Waals surface area contributed by atoms with E-state index < -0.39 is 0 Å². The summed E-state index contributed by atoms with van der Waals surface area (Å²) >= 11 is 0. The van der Waals surface area contributed by atoms with Crippen LogP contribution in [0.25, 0.3) is 0 Å². The van der Waals surface area contributed by atoms with Crippen molar-refractivity contribution in [3.05, 3.63) is 24.0 Å². The average molecular weight is 207 g/mol. The zero-order valence-electron chi connectivity index (χ0n) is 9.58. The van der Waals surface area contributed by atoms with Crippen molar-refractivity contribution in [3.8, 4) is 0 Å². The first-order valence-corrected chi connectivity index (χ1v) is 5.97. The SMILES string of the molecule is CCCn1cccc1CN1CCNCC1. The Morgan fingerprint density at radius 2 is 2.13 bits per heavy atom. The van der Waals surface area contributed by atoms with Crippen molar-refractivity contribution in [2.24, 2.45) is 0 Å². The molecule has 1 aromatic heterocycles. The van der Waals surface area contributed by atoms with Crippen molar-refractivity contribution < 1.29 is 0 Å². The second-order valence-electron chi connectivity index (χ2n) is 4.22. The van der Waals surface area contributed by atoms with Gasteiger partial charge >= 0.3 is 0 Å². The van der Waals surface area contributed by atoms with Gasteiger partial charge in [0.15, 0.2) is 0 Å². The Bertz CT molecular complexity index is 287. The largest absolute Gasteiger partial charge is 0.350 e. The Kier molecular flexibility index (Phi) is 3.80. The molecule has 0 aromatic carbocycles. The van der Waals surface area contributed by atoms with Gasteiger partial charge in [-0.05, 0) is 18.6 Å².